The molecule has 3 aromatic rings. The van der Waals surface area contributed by atoms with Gasteiger partial charge in [0.1, 0.15) is 17.2 Å². The smallest absolute Gasteiger partial charge is 0.270 e. The fraction of sp³-hybridized carbons (Fsp3) is 0.143. The van der Waals surface area contributed by atoms with E-state index in [-0.39, 0.29) is 12.5 Å². The molecule has 27 heavy (non-hydrogen) atoms. The maximum Gasteiger partial charge on any atom is 0.270 e. The zero-order chi connectivity index (χ0) is 19.1. The van der Waals surface area contributed by atoms with Crippen LogP contribution in [0.1, 0.15) is 16.1 Å². The molecule has 0 radical (unpaired) electrons. The van der Waals surface area contributed by atoms with Crippen LogP contribution in [0.25, 0.3) is 11.3 Å². The normalized spacial score (nSPS) is 9.85. The number of aromatic amines is 1. The molecule has 2 aromatic carbocycles. The molecule has 3 rings (SSSR count). The fourth-order valence-corrected chi connectivity index (χ4v) is 2.54. The first-order valence-electron chi connectivity index (χ1n) is 8.32. The number of nitrogens with zero attached hydrogens (tertiary/aromatic N) is 1. The quantitative estimate of drug-likeness (QED) is 0.685. The van der Waals surface area contributed by atoms with Crippen LogP contribution in [0, 0.1) is 11.8 Å². The molecule has 0 aliphatic heterocycles. The number of carbonyl (C=O) groups excluding carboxylic acids is 1. The number of carbonyl (C=O) groups is 1. The third kappa shape index (κ3) is 4.28. The van der Waals surface area contributed by atoms with E-state index in [1.54, 1.807) is 20.3 Å². The largest absolute Gasteiger partial charge is 0.496 e. The Balaban J connectivity index is 1.65. The molecule has 1 heterocycles. The van der Waals surface area contributed by atoms with Gasteiger partial charge in [0.2, 0.25) is 0 Å². The number of H-pyrrole nitrogens is 1. The fourth-order valence-electron chi connectivity index (χ4n) is 2.54. The maximum absolute atomic E-state index is 12.3. The zero-order valence-corrected chi connectivity index (χ0v) is 15.1. The summed E-state index contributed by atoms with van der Waals surface area (Å²) in [7, 11) is 3.19. The van der Waals surface area contributed by atoms with Gasteiger partial charge >= 0.3 is 0 Å². The van der Waals surface area contributed by atoms with E-state index in [4.69, 9.17) is 9.47 Å². The van der Waals surface area contributed by atoms with Gasteiger partial charge in [-0.2, -0.15) is 5.10 Å². The molecular weight excluding hydrogens is 342 g/mol. The highest BCUT2D eigenvalue weighted by Crippen LogP contribution is 2.28. The average molecular weight is 361 g/mol. The van der Waals surface area contributed by atoms with Crippen LogP contribution in [0.3, 0.4) is 0 Å². The van der Waals surface area contributed by atoms with E-state index in [2.05, 4.69) is 27.4 Å². The molecule has 0 atom stereocenters. The Labute approximate surface area is 157 Å². The van der Waals surface area contributed by atoms with Crippen molar-refractivity contribution >= 4 is 5.91 Å². The van der Waals surface area contributed by atoms with Gasteiger partial charge < -0.3 is 14.8 Å². The second-order valence-corrected chi connectivity index (χ2v) is 5.55. The first kappa shape index (κ1) is 18.1. The van der Waals surface area contributed by atoms with E-state index in [9.17, 15) is 4.79 Å². The van der Waals surface area contributed by atoms with Gasteiger partial charge in [0.05, 0.1) is 32.0 Å². The Morgan fingerprint density at radius 2 is 1.78 bits per heavy atom. The Kier molecular flexibility index (Phi) is 5.75. The Hall–Kier alpha value is -3.72. The lowest BCUT2D eigenvalue weighted by molar-refractivity contribution is 0.0953. The minimum absolute atomic E-state index is 0.208. The van der Waals surface area contributed by atoms with Gasteiger partial charge in [0, 0.05) is 5.56 Å². The highest BCUT2D eigenvalue weighted by Gasteiger charge is 2.12. The van der Waals surface area contributed by atoms with Gasteiger partial charge in [-0.1, -0.05) is 36.1 Å². The Bertz CT molecular complexity index is 999. The molecule has 1 amide bonds. The number of benzene rings is 2. The topological polar surface area (TPSA) is 76.2 Å². The number of aromatic nitrogens is 2. The molecule has 6 nitrogen and oxygen atoms in total. The molecule has 0 fully saturated rings. The van der Waals surface area contributed by atoms with Crippen LogP contribution in [0.2, 0.25) is 0 Å². The van der Waals surface area contributed by atoms with Gasteiger partial charge in [-0.05, 0) is 30.3 Å². The number of ether oxygens (including phenoxy) is 2. The third-order valence-electron chi connectivity index (χ3n) is 3.87. The summed E-state index contributed by atoms with van der Waals surface area (Å²) >= 11 is 0. The van der Waals surface area contributed by atoms with Crippen molar-refractivity contribution in [2.75, 3.05) is 20.8 Å². The average Bonchev–Trinajstić information content (AvgIpc) is 3.21. The van der Waals surface area contributed by atoms with E-state index in [0.29, 0.717) is 22.9 Å². The molecule has 136 valence electrons. The van der Waals surface area contributed by atoms with Crippen LogP contribution in [0.5, 0.6) is 11.5 Å². The maximum atomic E-state index is 12.3. The monoisotopic (exact) mass is 361 g/mol. The highest BCUT2D eigenvalue weighted by atomic mass is 16.5. The number of methoxy groups -OCH3 is 2. The summed E-state index contributed by atoms with van der Waals surface area (Å²) in [5.41, 5.74) is 2.58. The van der Waals surface area contributed by atoms with E-state index >= 15 is 0 Å². The van der Waals surface area contributed by atoms with E-state index in [0.717, 1.165) is 11.1 Å². The van der Waals surface area contributed by atoms with Crippen LogP contribution >= 0.6 is 0 Å². The summed E-state index contributed by atoms with van der Waals surface area (Å²) in [6.07, 6.45) is 0. The lowest BCUT2D eigenvalue weighted by atomic mass is 10.1. The standard InChI is InChI=1S/C21H19N3O3/c1-26-19-11-5-3-8-15(19)9-7-13-22-21(25)18-14-17(23-24-18)16-10-4-6-12-20(16)27-2/h3-6,8,10-12,14H,13H2,1-2H3,(H,22,25)(H,23,24). The highest BCUT2D eigenvalue weighted by molar-refractivity contribution is 5.93. The van der Waals surface area contributed by atoms with Crippen molar-refractivity contribution in [1.82, 2.24) is 15.5 Å². The van der Waals surface area contributed by atoms with Crippen molar-refractivity contribution < 1.29 is 14.3 Å². The van der Waals surface area contributed by atoms with E-state index in [1.165, 1.54) is 0 Å². The van der Waals surface area contributed by atoms with Crippen LogP contribution in [-0.4, -0.2) is 36.9 Å². The van der Waals surface area contributed by atoms with E-state index in [1.807, 2.05) is 48.5 Å². The number of hydrogen-bond acceptors (Lipinski definition) is 4. The summed E-state index contributed by atoms with van der Waals surface area (Å²) in [6, 6.07) is 16.6. The van der Waals surface area contributed by atoms with Crippen molar-refractivity contribution in [2.45, 2.75) is 0 Å². The molecule has 0 saturated heterocycles. The third-order valence-corrected chi connectivity index (χ3v) is 3.87. The summed E-state index contributed by atoms with van der Waals surface area (Å²) in [6.45, 7) is 0.208. The first-order chi connectivity index (χ1) is 13.2. The molecule has 0 spiro atoms. The first-order valence-corrected chi connectivity index (χ1v) is 8.32. The van der Waals surface area contributed by atoms with Crippen molar-refractivity contribution in [3.05, 3.63) is 65.9 Å². The van der Waals surface area contributed by atoms with Crippen molar-refractivity contribution in [1.29, 1.82) is 0 Å². The van der Waals surface area contributed by atoms with Crippen molar-refractivity contribution in [2.24, 2.45) is 0 Å². The summed E-state index contributed by atoms with van der Waals surface area (Å²) in [4.78, 5) is 12.3. The van der Waals surface area contributed by atoms with Gasteiger partial charge in [-0.25, -0.2) is 0 Å². The predicted molar refractivity (Wildman–Crippen MR) is 103 cm³/mol. The molecule has 0 aliphatic carbocycles. The zero-order valence-electron chi connectivity index (χ0n) is 15.1. The number of amides is 1. The Morgan fingerprint density at radius 1 is 1.07 bits per heavy atom. The molecule has 0 unspecified atom stereocenters. The van der Waals surface area contributed by atoms with Crippen molar-refractivity contribution in [3.8, 4) is 34.6 Å². The van der Waals surface area contributed by atoms with Crippen LogP contribution in [0.15, 0.2) is 54.6 Å². The number of rotatable bonds is 5. The number of hydrogen-bond donors (Lipinski definition) is 2. The predicted octanol–water partition coefficient (Wildman–Crippen LogP) is 2.88. The minimum atomic E-state index is -0.280. The van der Waals surface area contributed by atoms with E-state index < -0.39 is 0 Å². The second-order valence-electron chi connectivity index (χ2n) is 5.55. The van der Waals surface area contributed by atoms with Gasteiger partial charge in [-0.15, -0.1) is 0 Å². The molecule has 0 aliphatic rings. The summed E-state index contributed by atoms with van der Waals surface area (Å²) in [5.74, 6) is 7.02. The minimum Gasteiger partial charge on any atom is -0.496 e. The lowest BCUT2D eigenvalue weighted by Gasteiger charge is -2.04. The van der Waals surface area contributed by atoms with Crippen molar-refractivity contribution in [3.63, 3.8) is 0 Å². The number of para-hydroxylation sites is 2. The number of nitrogens with one attached hydrogen (secondary N) is 2. The Morgan fingerprint density at radius 3 is 2.56 bits per heavy atom. The molecular formula is C21H19N3O3. The lowest BCUT2D eigenvalue weighted by Crippen LogP contribution is -2.23. The van der Waals surface area contributed by atoms with Crippen LogP contribution < -0.4 is 14.8 Å². The summed E-state index contributed by atoms with van der Waals surface area (Å²) < 4.78 is 10.6. The van der Waals surface area contributed by atoms with Gasteiger partial charge in [0.25, 0.3) is 5.91 Å². The molecule has 0 bridgehead atoms. The summed E-state index contributed by atoms with van der Waals surface area (Å²) in [5, 5.41) is 9.69. The molecule has 6 heteroatoms. The molecule has 0 saturated carbocycles. The van der Waals surface area contributed by atoms with Crippen LogP contribution in [0.4, 0.5) is 0 Å². The molecule has 1 aromatic heterocycles. The van der Waals surface area contributed by atoms with Gasteiger partial charge in [0.15, 0.2) is 0 Å². The second kappa shape index (κ2) is 8.59. The molecule has 2 N–H and O–H groups in total. The SMILES string of the molecule is COc1ccccc1C#CCNC(=O)c1cc(-c2ccccc2OC)n[nH]1. The van der Waals surface area contributed by atoms with Crippen LogP contribution in [-0.2, 0) is 0 Å². The van der Waals surface area contributed by atoms with Gasteiger partial charge in [-0.3, -0.25) is 9.89 Å².